The summed E-state index contributed by atoms with van der Waals surface area (Å²) in [4.78, 5) is 13.4. The van der Waals surface area contributed by atoms with Crippen LogP contribution in [0.15, 0.2) is 30.6 Å². The normalized spacial score (nSPS) is 18.7. The summed E-state index contributed by atoms with van der Waals surface area (Å²) in [6.07, 6.45) is -1.68. The maximum atomic E-state index is 13.2. The molecule has 128 valence electrons. The molecule has 2 aromatic rings. The van der Waals surface area contributed by atoms with Crippen LogP contribution in [0.25, 0.3) is 11.4 Å². The van der Waals surface area contributed by atoms with Crippen LogP contribution in [0.5, 0.6) is 0 Å². The van der Waals surface area contributed by atoms with Crippen molar-refractivity contribution in [2.24, 2.45) is 0 Å². The number of aromatic nitrogens is 3. The summed E-state index contributed by atoms with van der Waals surface area (Å²) in [7, 11) is 0. The van der Waals surface area contributed by atoms with E-state index < -0.39 is 17.9 Å². The van der Waals surface area contributed by atoms with Crippen molar-refractivity contribution < 1.29 is 23.0 Å². The Bertz CT molecular complexity index is 697. The van der Waals surface area contributed by atoms with E-state index in [0.29, 0.717) is 18.7 Å². The molecule has 9 heteroatoms. The van der Waals surface area contributed by atoms with Gasteiger partial charge in [0.15, 0.2) is 11.5 Å². The second-order valence-corrected chi connectivity index (χ2v) is 5.28. The summed E-state index contributed by atoms with van der Waals surface area (Å²) in [6, 6.07) is 3.64. The number of halogens is 3. The molecule has 1 aliphatic rings. The maximum absolute atomic E-state index is 13.2. The van der Waals surface area contributed by atoms with Gasteiger partial charge in [0, 0.05) is 30.6 Å². The molecule has 3 heterocycles. The van der Waals surface area contributed by atoms with Crippen LogP contribution in [0.2, 0.25) is 0 Å². The van der Waals surface area contributed by atoms with Crippen LogP contribution >= 0.6 is 0 Å². The highest BCUT2D eigenvalue weighted by Crippen LogP contribution is 2.32. The van der Waals surface area contributed by atoms with E-state index in [4.69, 9.17) is 4.74 Å². The maximum Gasteiger partial charge on any atom is 0.433 e. The van der Waals surface area contributed by atoms with Gasteiger partial charge in [0.25, 0.3) is 0 Å². The molecule has 1 fully saturated rings. The van der Waals surface area contributed by atoms with Crippen molar-refractivity contribution in [3.8, 4) is 11.4 Å². The van der Waals surface area contributed by atoms with Crippen LogP contribution in [-0.2, 0) is 10.9 Å². The molecule has 24 heavy (non-hydrogen) atoms. The predicted molar refractivity (Wildman–Crippen MR) is 79.3 cm³/mol. The number of nitrogens with zero attached hydrogens (tertiary/aromatic N) is 4. The van der Waals surface area contributed by atoms with Crippen LogP contribution in [-0.4, -0.2) is 52.5 Å². The third kappa shape index (κ3) is 3.46. The first kappa shape index (κ1) is 16.6. The van der Waals surface area contributed by atoms with Crippen molar-refractivity contribution >= 4 is 5.82 Å². The number of aliphatic hydroxyl groups excluding tert-OH is 1. The highest BCUT2D eigenvalue weighted by atomic mass is 19.4. The lowest BCUT2D eigenvalue weighted by molar-refractivity contribution is -0.141. The third-order valence-electron chi connectivity index (χ3n) is 3.66. The summed E-state index contributed by atoms with van der Waals surface area (Å²) in [6.45, 7) is 0.674. The number of anilines is 1. The van der Waals surface area contributed by atoms with Crippen molar-refractivity contribution in [1.29, 1.82) is 0 Å². The summed E-state index contributed by atoms with van der Waals surface area (Å²) in [5.41, 5.74) is -0.645. The molecule has 1 N–H and O–H groups in total. The molecule has 0 radical (unpaired) electrons. The Hall–Kier alpha value is -2.26. The van der Waals surface area contributed by atoms with Gasteiger partial charge in [-0.15, -0.1) is 0 Å². The van der Waals surface area contributed by atoms with Gasteiger partial charge in [-0.3, -0.25) is 4.98 Å². The Morgan fingerprint density at radius 1 is 1.33 bits per heavy atom. The number of alkyl halides is 3. The van der Waals surface area contributed by atoms with E-state index >= 15 is 0 Å². The van der Waals surface area contributed by atoms with Gasteiger partial charge in [-0.1, -0.05) is 0 Å². The topological polar surface area (TPSA) is 71.4 Å². The van der Waals surface area contributed by atoms with Gasteiger partial charge in [0.1, 0.15) is 5.82 Å². The second-order valence-electron chi connectivity index (χ2n) is 5.28. The lowest BCUT2D eigenvalue weighted by atomic mass is 10.2. The molecule has 2 aromatic heterocycles. The number of pyridine rings is 1. The fraction of sp³-hybridized carbons (Fsp3) is 0.400. The molecule has 0 saturated carbocycles. The number of morpholine rings is 1. The summed E-state index contributed by atoms with van der Waals surface area (Å²) >= 11 is 0. The molecule has 0 amide bonds. The van der Waals surface area contributed by atoms with Crippen molar-refractivity contribution in [1.82, 2.24) is 15.0 Å². The van der Waals surface area contributed by atoms with Crippen molar-refractivity contribution in [2.75, 3.05) is 31.3 Å². The smallest absolute Gasteiger partial charge is 0.394 e. The molecule has 1 saturated heterocycles. The van der Waals surface area contributed by atoms with Gasteiger partial charge in [-0.25, -0.2) is 9.97 Å². The average Bonchev–Trinajstić information content (AvgIpc) is 2.61. The molecule has 1 unspecified atom stereocenters. The van der Waals surface area contributed by atoms with Crippen LogP contribution < -0.4 is 4.90 Å². The molecule has 1 aliphatic heterocycles. The Morgan fingerprint density at radius 2 is 2.17 bits per heavy atom. The minimum absolute atomic E-state index is 0.0592. The summed E-state index contributed by atoms with van der Waals surface area (Å²) < 4.78 is 44.9. The zero-order valence-corrected chi connectivity index (χ0v) is 12.6. The molecular weight excluding hydrogens is 325 g/mol. The largest absolute Gasteiger partial charge is 0.433 e. The molecular formula is C15H15F3N4O2. The Morgan fingerprint density at radius 3 is 2.83 bits per heavy atom. The third-order valence-corrected chi connectivity index (χ3v) is 3.66. The number of aliphatic hydroxyl groups is 1. The Kier molecular flexibility index (Phi) is 4.63. The molecule has 3 rings (SSSR count). The van der Waals surface area contributed by atoms with E-state index in [2.05, 4.69) is 15.0 Å². The minimum Gasteiger partial charge on any atom is -0.394 e. The molecule has 1 atom stereocenters. The van der Waals surface area contributed by atoms with E-state index in [0.717, 1.165) is 6.07 Å². The Balaban J connectivity index is 2.08. The number of hydrogen-bond donors (Lipinski definition) is 1. The fourth-order valence-corrected chi connectivity index (χ4v) is 2.46. The fourth-order valence-electron chi connectivity index (χ4n) is 2.46. The first-order valence-corrected chi connectivity index (χ1v) is 7.31. The monoisotopic (exact) mass is 340 g/mol. The number of rotatable bonds is 3. The highest BCUT2D eigenvalue weighted by molar-refractivity contribution is 5.57. The van der Waals surface area contributed by atoms with Crippen LogP contribution in [0.4, 0.5) is 19.0 Å². The van der Waals surface area contributed by atoms with E-state index in [-0.39, 0.29) is 24.9 Å². The zero-order valence-electron chi connectivity index (χ0n) is 12.6. The highest BCUT2D eigenvalue weighted by Gasteiger charge is 2.35. The average molecular weight is 340 g/mol. The molecule has 0 aromatic carbocycles. The van der Waals surface area contributed by atoms with Gasteiger partial charge in [-0.2, -0.15) is 13.2 Å². The van der Waals surface area contributed by atoms with E-state index in [1.807, 2.05) is 0 Å². The van der Waals surface area contributed by atoms with Gasteiger partial charge >= 0.3 is 6.18 Å². The van der Waals surface area contributed by atoms with Crippen molar-refractivity contribution in [3.05, 3.63) is 36.3 Å². The number of hydrogen-bond acceptors (Lipinski definition) is 6. The Labute approximate surface area is 135 Å². The van der Waals surface area contributed by atoms with Crippen molar-refractivity contribution in [2.45, 2.75) is 12.2 Å². The lowest BCUT2D eigenvalue weighted by Crippen LogP contribution is -2.48. The number of ether oxygens (including phenoxy) is 1. The summed E-state index contributed by atoms with van der Waals surface area (Å²) in [5, 5.41) is 9.44. The molecule has 0 spiro atoms. The second kappa shape index (κ2) is 6.70. The quantitative estimate of drug-likeness (QED) is 0.918. The molecule has 6 nitrogen and oxygen atoms in total. The molecule has 0 bridgehead atoms. The minimum atomic E-state index is -4.60. The summed E-state index contributed by atoms with van der Waals surface area (Å²) in [5.74, 6) is 0.0506. The van der Waals surface area contributed by atoms with Crippen LogP contribution in [0.3, 0.4) is 0 Å². The van der Waals surface area contributed by atoms with Gasteiger partial charge in [0.05, 0.1) is 25.9 Å². The molecule has 0 aliphatic carbocycles. The first-order chi connectivity index (χ1) is 11.5. The SMILES string of the molecule is OCC1COCCN1c1cc(C(F)(F)F)nc(-c2cccnc2)n1. The van der Waals surface area contributed by atoms with Crippen LogP contribution in [0.1, 0.15) is 5.69 Å². The van der Waals surface area contributed by atoms with E-state index in [1.165, 1.54) is 12.4 Å². The van der Waals surface area contributed by atoms with Gasteiger partial charge < -0.3 is 14.7 Å². The lowest BCUT2D eigenvalue weighted by Gasteiger charge is -2.35. The van der Waals surface area contributed by atoms with Crippen molar-refractivity contribution in [3.63, 3.8) is 0 Å². The zero-order chi connectivity index (χ0) is 17.2. The van der Waals surface area contributed by atoms with Gasteiger partial charge in [0.2, 0.25) is 0 Å². The predicted octanol–water partition coefficient (Wildman–Crippen LogP) is 1.75. The van der Waals surface area contributed by atoms with E-state index in [1.54, 1.807) is 17.0 Å². The first-order valence-electron chi connectivity index (χ1n) is 7.31. The van der Waals surface area contributed by atoms with E-state index in [9.17, 15) is 18.3 Å². The van der Waals surface area contributed by atoms with Gasteiger partial charge in [-0.05, 0) is 12.1 Å². The van der Waals surface area contributed by atoms with Crippen LogP contribution in [0, 0.1) is 0 Å². The standard InChI is InChI=1S/C15H15F3N4O2/c16-15(17,18)12-6-13(22-4-5-24-9-11(22)8-23)21-14(20-12)10-2-1-3-19-7-10/h1-3,6-7,11,23H,4-5,8-9H2.